The molecule has 1 rings (SSSR count). The molecule has 1 fully saturated rings. The molecule has 1 aliphatic rings. The topological polar surface area (TPSA) is 52.6 Å². The maximum absolute atomic E-state index is 12.2. The highest BCUT2D eigenvalue weighted by Crippen LogP contribution is 2.42. The van der Waals surface area contributed by atoms with Crippen LogP contribution in [0, 0.1) is 10.8 Å². The van der Waals surface area contributed by atoms with E-state index in [1.807, 2.05) is 65.0 Å². The molecule has 1 unspecified atom stereocenters. The van der Waals surface area contributed by atoms with Gasteiger partial charge in [-0.05, 0) is 143 Å². The molecule has 1 heterocycles. The summed E-state index contributed by atoms with van der Waals surface area (Å²) in [5.74, 6) is 0.498. The second-order valence-corrected chi connectivity index (χ2v) is 12.3. The summed E-state index contributed by atoms with van der Waals surface area (Å²) in [4.78, 5) is 24.2. The van der Waals surface area contributed by atoms with Gasteiger partial charge in [-0.3, -0.25) is 9.59 Å². The molecule has 0 saturated carbocycles. The summed E-state index contributed by atoms with van der Waals surface area (Å²) in [6.45, 7) is 27.9. The van der Waals surface area contributed by atoms with Gasteiger partial charge in [0.15, 0.2) is 5.78 Å². The number of rotatable bonds is 13. The second-order valence-electron chi connectivity index (χ2n) is 12.0. The molecule has 49 heavy (non-hydrogen) atoms. The lowest BCUT2D eigenvalue weighted by Crippen LogP contribution is -2.55. The van der Waals surface area contributed by atoms with Gasteiger partial charge in [0.2, 0.25) is 0 Å². The molecule has 1 aliphatic heterocycles. The van der Waals surface area contributed by atoms with Crippen molar-refractivity contribution in [3.8, 4) is 0 Å². The molecule has 258 valence electrons. The van der Waals surface area contributed by atoms with Crippen LogP contribution in [0.1, 0.15) is 93.4 Å². The predicted octanol–water partition coefficient (Wildman–Crippen LogP) is 10.6. The van der Waals surface area contributed by atoms with Gasteiger partial charge >= 0.3 is 0 Å². The third-order valence-corrected chi connectivity index (χ3v) is 7.91. The Bertz CT molecular complexity index is 1610. The number of Topliss-reactive ketones (excluding diaryl/α,β-unsaturated/α-hetero) is 2. The highest BCUT2D eigenvalue weighted by molar-refractivity contribution is 7.09. The van der Waals surface area contributed by atoms with Gasteiger partial charge in [0.1, 0.15) is 11.4 Å². The van der Waals surface area contributed by atoms with Crippen molar-refractivity contribution in [3.63, 3.8) is 0 Å². The Balaban J connectivity index is 0. The number of ether oxygens (including phenoxy) is 1. The molecule has 0 radical (unpaired) electrons. The van der Waals surface area contributed by atoms with Crippen molar-refractivity contribution in [2.24, 2.45) is 10.8 Å². The van der Waals surface area contributed by atoms with Crippen molar-refractivity contribution in [3.05, 3.63) is 137 Å². The van der Waals surface area contributed by atoms with E-state index < -0.39 is 5.60 Å². The molecule has 0 amide bonds. The molecular formula is C44H53O4P. The molecule has 0 spiro atoms. The highest BCUT2D eigenvalue weighted by atomic mass is 31.0. The third kappa shape index (κ3) is 20.5. The van der Waals surface area contributed by atoms with Gasteiger partial charge in [-0.25, -0.2) is 0 Å². The van der Waals surface area contributed by atoms with Crippen LogP contribution >= 0.6 is 9.47 Å². The molecular weight excluding hydrogens is 623 g/mol. The third-order valence-electron chi connectivity index (χ3n) is 7.53. The minimum atomic E-state index is -0.717. The van der Waals surface area contributed by atoms with Crippen molar-refractivity contribution < 1.29 is 18.8 Å². The fraction of sp³-hybridized carbons (Fsp3) is 0.432. The molecule has 5 heteroatoms. The van der Waals surface area contributed by atoms with E-state index in [1.54, 1.807) is 0 Å². The standard InChI is InChI=1S/C15H24O2.C15H4.C14H25O2P/c1-6-8-12-9-10-13(16)15(5,17-12)14(3,4)11-7-2;1-3-5-7-9-11-13-15-14-12-10-8-6-4-2;1-5-8-12(16-17)9-7-10-13(15)14(3,4)11-6-2/h6-7,11-12H,1,8-10H2,2-5H3;1-2H2;5-6,11-12H,1,7-10,17H2,2-4H3/b11-7+;;11-6+/t12-,15-;;12-/m1.1/s1. The Labute approximate surface area is 298 Å². The van der Waals surface area contributed by atoms with E-state index in [0.717, 1.165) is 32.1 Å². The number of hydrogen-bond acceptors (Lipinski definition) is 4. The summed E-state index contributed by atoms with van der Waals surface area (Å²) >= 11 is 0. The van der Waals surface area contributed by atoms with E-state index in [0.29, 0.717) is 12.8 Å². The first kappa shape index (κ1) is 46.6. The van der Waals surface area contributed by atoms with Crippen LogP contribution in [0.25, 0.3) is 0 Å². The zero-order chi connectivity index (χ0) is 37.6. The number of carbonyl (C=O) groups is 2. The quantitative estimate of drug-likeness (QED) is 0.111. The molecule has 0 N–H and O–H groups in total. The lowest BCUT2D eigenvalue weighted by Gasteiger charge is -2.46. The van der Waals surface area contributed by atoms with Crippen LogP contribution in [0.4, 0.5) is 0 Å². The van der Waals surface area contributed by atoms with Crippen LogP contribution in [-0.2, 0) is 18.8 Å². The smallest absolute Gasteiger partial charge is 0.165 e. The zero-order valence-electron chi connectivity index (χ0n) is 30.6. The summed E-state index contributed by atoms with van der Waals surface area (Å²) in [5.41, 5.74) is 30.6. The maximum Gasteiger partial charge on any atom is 0.165 e. The van der Waals surface area contributed by atoms with E-state index >= 15 is 0 Å². The molecule has 0 aromatic carbocycles. The van der Waals surface area contributed by atoms with Crippen molar-refractivity contribution >= 4 is 21.0 Å². The first-order valence-corrected chi connectivity index (χ1v) is 16.6. The van der Waals surface area contributed by atoms with Crippen LogP contribution in [0.5, 0.6) is 0 Å². The average Bonchev–Trinajstić information content (AvgIpc) is 3.05. The van der Waals surface area contributed by atoms with Gasteiger partial charge < -0.3 is 9.26 Å². The zero-order valence-corrected chi connectivity index (χ0v) is 31.8. The SMILES string of the molecule is C=C=C=C=C=C=C=C=C=C=C=C=C=C=C.C=CC[C@@H]1CCC(=O)[C@](C)(C(C)(C)/C=C/C)O1.C=CC[C@H](CCCC(=O)C(C)(C)/C=C/C)OP. The summed E-state index contributed by atoms with van der Waals surface area (Å²) in [6, 6.07) is 0. The number of carbonyl (C=O) groups excluding carboxylic acids is 2. The Hall–Kier alpha value is -4.47. The van der Waals surface area contributed by atoms with Gasteiger partial charge in [0.05, 0.1) is 12.2 Å². The summed E-state index contributed by atoms with van der Waals surface area (Å²) in [7, 11) is 2.28. The molecule has 4 atom stereocenters. The molecule has 0 aliphatic carbocycles. The summed E-state index contributed by atoms with van der Waals surface area (Å²) in [6.07, 6.45) is 17.4. The van der Waals surface area contributed by atoms with Crippen LogP contribution in [0.15, 0.2) is 137 Å². The Morgan fingerprint density at radius 3 is 1.82 bits per heavy atom. The van der Waals surface area contributed by atoms with E-state index in [1.165, 1.54) is 0 Å². The van der Waals surface area contributed by atoms with Crippen LogP contribution in [0.2, 0.25) is 0 Å². The number of ketones is 2. The number of allylic oxidation sites excluding steroid dienone is 3. The van der Waals surface area contributed by atoms with Gasteiger partial charge in [-0.1, -0.05) is 61.8 Å². The van der Waals surface area contributed by atoms with Crippen molar-refractivity contribution in [1.82, 2.24) is 0 Å². The fourth-order valence-corrected chi connectivity index (χ4v) is 4.79. The largest absolute Gasteiger partial charge is 0.363 e. The maximum atomic E-state index is 12.2. The van der Waals surface area contributed by atoms with Crippen LogP contribution in [0.3, 0.4) is 0 Å². The van der Waals surface area contributed by atoms with Gasteiger partial charge in [0, 0.05) is 33.1 Å². The molecule has 0 bridgehead atoms. The van der Waals surface area contributed by atoms with Crippen molar-refractivity contribution in [1.29, 1.82) is 0 Å². The lowest BCUT2D eigenvalue weighted by molar-refractivity contribution is -0.179. The molecule has 4 nitrogen and oxygen atoms in total. The minimum absolute atomic E-state index is 0.125. The normalized spacial score (nSPS) is 16.7. The van der Waals surface area contributed by atoms with Crippen LogP contribution in [-0.4, -0.2) is 29.4 Å². The van der Waals surface area contributed by atoms with E-state index in [9.17, 15) is 9.59 Å². The first-order valence-electron chi connectivity index (χ1n) is 16.1. The Morgan fingerprint density at radius 2 is 1.41 bits per heavy atom. The Kier molecular flexibility index (Phi) is 26.2. The van der Waals surface area contributed by atoms with Gasteiger partial charge in [0.25, 0.3) is 0 Å². The highest BCUT2D eigenvalue weighted by Gasteiger charge is 2.49. The molecule has 0 aromatic heterocycles. The predicted molar refractivity (Wildman–Crippen MR) is 205 cm³/mol. The summed E-state index contributed by atoms with van der Waals surface area (Å²) < 4.78 is 11.3. The van der Waals surface area contributed by atoms with E-state index in [4.69, 9.17) is 9.26 Å². The van der Waals surface area contributed by atoms with E-state index in [2.05, 4.69) is 130 Å². The van der Waals surface area contributed by atoms with Crippen molar-refractivity contribution in [2.75, 3.05) is 0 Å². The second kappa shape index (κ2) is 27.5. The fourth-order valence-electron chi connectivity index (χ4n) is 4.55. The average molecular weight is 677 g/mol. The van der Waals surface area contributed by atoms with E-state index in [-0.39, 0.29) is 34.6 Å². The summed E-state index contributed by atoms with van der Waals surface area (Å²) in [5, 5.41) is 0. The molecule has 0 aromatic rings. The lowest BCUT2D eigenvalue weighted by atomic mass is 9.70. The first-order chi connectivity index (χ1) is 23.3. The number of hydrogen-bond donors (Lipinski definition) is 0. The molecule has 1 saturated heterocycles. The van der Waals surface area contributed by atoms with Crippen molar-refractivity contribution in [2.45, 2.75) is 111 Å². The minimum Gasteiger partial charge on any atom is -0.363 e. The van der Waals surface area contributed by atoms with Gasteiger partial charge in [-0.15, -0.1) is 13.2 Å². The van der Waals surface area contributed by atoms with Gasteiger partial charge in [-0.2, -0.15) is 0 Å². The monoisotopic (exact) mass is 676 g/mol. The Morgan fingerprint density at radius 1 is 0.918 bits per heavy atom. The van der Waals surface area contributed by atoms with Crippen LogP contribution < -0.4 is 0 Å².